The lowest BCUT2D eigenvalue weighted by atomic mass is 10.2. The first-order valence-corrected chi connectivity index (χ1v) is 4.50. The molecule has 0 bridgehead atoms. The van der Waals surface area contributed by atoms with Crippen molar-refractivity contribution in [2.24, 2.45) is 0 Å². The number of ketones is 1. The molecule has 0 spiro atoms. The smallest absolute Gasteiger partial charge is 0.154 e. The zero-order valence-corrected chi connectivity index (χ0v) is 8.45. The lowest BCUT2D eigenvalue weighted by Crippen LogP contribution is -2.11. The molecule has 74 valence electrons. The van der Waals surface area contributed by atoms with Gasteiger partial charge in [-0.1, -0.05) is 6.07 Å². The van der Waals surface area contributed by atoms with Crippen LogP contribution in [-0.2, 0) is 11.3 Å². The molecule has 14 heavy (non-hydrogen) atoms. The Bertz CT molecular complexity index is 330. The highest BCUT2D eigenvalue weighted by atomic mass is 16.1. The maximum absolute atomic E-state index is 10.7. The Balaban J connectivity index is 2.45. The molecular formula is C11H14N2O. The van der Waals surface area contributed by atoms with Crippen LogP contribution in [0.3, 0.4) is 0 Å². The first kappa shape index (κ1) is 10.4. The second kappa shape index (κ2) is 5.17. The maximum atomic E-state index is 10.7. The van der Waals surface area contributed by atoms with Gasteiger partial charge in [-0.15, -0.1) is 0 Å². The minimum atomic E-state index is 0.0567. The van der Waals surface area contributed by atoms with Crippen molar-refractivity contribution in [3.63, 3.8) is 0 Å². The summed E-state index contributed by atoms with van der Waals surface area (Å²) in [6, 6.07) is 3.88. The van der Waals surface area contributed by atoms with Crippen molar-refractivity contribution in [1.29, 1.82) is 0 Å². The summed E-state index contributed by atoms with van der Waals surface area (Å²) in [7, 11) is 0. The molecule has 3 nitrogen and oxygen atoms in total. The Morgan fingerprint density at radius 1 is 1.57 bits per heavy atom. The first-order valence-electron chi connectivity index (χ1n) is 4.50. The average Bonchev–Trinajstić information content (AvgIpc) is 2.15. The lowest BCUT2D eigenvalue weighted by Gasteiger charge is -2.05. The molecule has 0 unspecified atom stereocenters. The predicted molar refractivity (Wildman–Crippen MR) is 55.5 cm³/mol. The monoisotopic (exact) mass is 190 g/mol. The van der Waals surface area contributed by atoms with Gasteiger partial charge in [-0.2, -0.15) is 0 Å². The van der Waals surface area contributed by atoms with Crippen molar-refractivity contribution >= 4 is 5.78 Å². The van der Waals surface area contributed by atoms with E-state index in [1.807, 2.05) is 19.1 Å². The van der Waals surface area contributed by atoms with Gasteiger partial charge in [-0.25, -0.2) is 0 Å². The minimum absolute atomic E-state index is 0.0567. The fourth-order valence-corrected chi connectivity index (χ4v) is 1.10. The molecule has 0 fully saturated rings. The maximum Gasteiger partial charge on any atom is 0.154 e. The summed E-state index contributed by atoms with van der Waals surface area (Å²) in [5.74, 6) is 0.0567. The van der Waals surface area contributed by atoms with Crippen molar-refractivity contribution in [2.75, 3.05) is 0 Å². The number of carbonyl (C=O) groups is 1. The van der Waals surface area contributed by atoms with Crippen molar-refractivity contribution < 1.29 is 4.79 Å². The number of pyridine rings is 1. The molecule has 1 N–H and O–H groups in total. The summed E-state index contributed by atoms with van der Waals surface area (Å²) in [6.45, 7) is 4.11. The van der Waals surface area contributed by atoms with Gasteiger partial charge in [0.1, 0.15) is 0 Å². The van der Waals surface area contributed by atoms with E-state index in [1.165, 1.54) is 6.92 Å². The number of hydrogen-bond acceptors (Lipinski definition) is 3. The summed E-state index contributed by atoms with van der Waals surface area (Å²) in [6.07, 6.45) is 5.12. The first-order chi connectivity index (χ1) is 6.68. The second-order valence-electron chi connectivity index (χ2n) is 3.15. The van der Waals surface area contributed by atoms with Gasteiger partial charge >= 0.3 is 0 Å². The third kappa shape index (κ3) is 3.85. The fourth-order valence-electron chi connectivity index (χ4n) is 1.10. The molecule has 0 aliphatic heterocycles. The molecular weight excluding hydrogens is 176 g/mol. The Labute approximate surface area is 83.9 Å². The van der Waals surface area contributed by atoms with Crippen molar-refractivity contribution in [3.05, 3.63) is 41.9 Å². The molecule has 0 radical (unpaired) electrons. The molecule has 0 aliphatic rings. The van der Waals surface area contributed by atoms with E-state index in [2.05, 4.69) is 10.3 Å². The zero-order chi connectivity index (χ0) is 10.4. The fraction of sp³-hybridized carbons (Fsp3) is 0.273. The molecule has 0 aliphatic carbocycles. The molecule has 1 aromatic heterocycles. The number of hydrogen-bond donors (Lipinski definition) is 1. The molecule has 0 amide bonds. The summed E-state index contributed by atoms with van der Waals surface area (Å²) in [4.78, 5) is 14.7. The van der Waals surface area contributed by atoms with Crippen LogP contribution in [0.1, 0.15) is 19.4 Å². The highest BCUT2D eigenvalue weighted by Gasteiger charge is 1.93. The number of nitrogens with zero attached hydrogens (tertiary/aromatic N) is 1. The van der Waals surface area contributed by atoms with Gasteiger partial charge in [0.2, 0.25) is 0 Å². The number of carbonyl (C=O) groups excluding carboxylic acids is 1. The van der Waals surface area contributed by atoms with Crippen LogP contribution in [0.5, 0.6) is 0 Å². The van der Waals surface area contributed by atoms with Crippen molar-refractivity contribution in [2.45, 2.75) is 20.4 Å². The summed E-state index contributed by atoms with van der Waals surface area (Å²) >= 11 is 0. The van der Waals surface area contributed by atoms with Crippen LogP contribution in [0.4, 0.5) is 0 Å². The van der Waals surface area contributed by atoms with E-state index in [0.717, 1.165) is 11.3 Å². The highest BCUT2D eigenvalue weighted by molar-refractivity contribution is 5.87. The van der Waals surface area contributed by atoms with Crippen LogP contribution in [0.25, 0.3) is 0 Å². The number of nitrogens with one attached hydrogen (secondary N) is 1. The highest BCUT2D eigenvalue weighted by Crippen LogP contribution is 1.96. The van der Waals surface area contributed by atoms with Gasteiger partial charge in [0.25, 0.3) is 0 Å². The summed E-state index contributed by atoms with van der Waals surface area (Å²) in [5, 5.41) is 3.13. The molecule has 0 atom stereocenters. The van der Waals surface area contributed by atoms with Crippen molar-refractivity contribution in [1.82, 2.24) is 10.3 Å². The molecule has 0 saturated carbocycles. The number of rotatable bonds is 4. The molecule has 1 rings (SSSR count). The van der Waals surface area contributed by atoms with Gasteiger partial charge in [0, 0.05) is 24.6 Å². The van der Waals surface area contributed by atoms with E-state index in [-0.39, 0.29) is 5.78 Å². The van der Waals surface area contributed by atoms with Gasteiger partial charge in [-0.3, -0.25) is 9.78 Å². The quantitative estimate of drug-likeness (QED) is 0.734. The SMILES string of the molecule is CC(=O)/C=C(\C)NCc1cccnc1. The molecule has 3 heteroatoms. The lowest BCUT2D eigenvalue weighted by molar-refractivity contribution is -0.112. The Morgan fingerprint density at radius 2 is 2.36 bits per heavy atom. The van der Waals surface area contributed by atoms with Gasteiger partial charge in [-0.05, 0) is 31.6 Å². The zero-order valence-electron chi connectivity index (χ0n) is 8.45. The van der Waals surface area contributed by atoms with Crippen LogP contribution in [0.2, 0.25) is 0 Å². The summed E-state index contributed by atoms with van der Waals surface area (Å²) < 4.78 is 0. The Kier molecular flexibility index (Phi) is 3.85. The minimum Gasteiger partial charge on any atom is -0.384 e. The van der Waals surface area contributed by atoms with Crippen LogP contribution in [0.15, 0.2) is 36.3 Å². The van der Waals surface area contributed by atoms with Crippen LogP contribution in [-0.4, -0.2) is 10.8 Å². The van der Waals surface area contributed by atoms with E-state index in [4.69, 9.17) is 0 Å². The molecule has 0 aromatic carbocycles. The molecule has 0 saturated heterocycles. The third-order valence-corrected chi connectivity index (χ3v) is 1.71. The molecule has 1 aromatic rings. The van der Waals surface area contributed by atoms with Gasteiger partial charge in [0.05, 0.1) is 0 Å². The van der Waals surface area contributed by atoms with Crippen LogP contribution >= 0.6 is 0 Å². The van der Waals surface area contributed by atoms with E-state index in [9.17, 15) is 4.79 Å². The average molecular weight is 190 g/mol. The topological polar surface area (TPSA) is 42.0 Å². The van der Waals surface area contributed by atoms with E-state index < -0.39 is 0 Å². The normalized spacial score (nSPS) is 11.1. The standard InChI is InChI=1S/C11H14N2O/c1-9(6-10(2)14)13-8-11-4-3-5-12-7-11/h3-7,13H,8H2,1-2H3/b9-6+. The van der Waals surface area contributed by atoms with Crippen molar-refractivity contribution in [3.8, 4) is 0 Å². The molecule has 1 heterocycles. The Morgan fingerprint density at radius 3 is 2.93 bits per heavy atom. The van der Waals surface area contributed by atoms with Gasteiger partial charge < -0.3 is 5.32 Å². The van der Waals surface area contributed by atoms with E-state index in [1.54, 1.807) is 18.5 Å². The van der Waals surface area contributed by atoms with Crippen LogP contribution < -0.4 is 5.32 Å². The number of allylic oxidation sites excluding steroid dienone is 2. The van der Waals surface area contributed by atoms with Crippen LogP contribution in [0, 0.1) is 0 Å². The van der Waals surface area contributed by atoms with E-state index >= 15 is 0 Å². The Hall–Kier alpha value is -1.64. The van der Waals surface area contributed by atoms with E-state index in [0.29, 0.717) is 6.54 Å². The third-order valence-electron chi connectivity index (χ3n) is 1.71. The second-order valence-corrected chi connectivity index (χ2v) is 3.15. The number of aromatic nitrogens is 1. The summed E-state index contributed by atoms with van der Waals surface area (Å²) in [5.41, 5.74) is 1.98. The van der Waals surface area contributed by atoms with Gasteiger partial charge in [0.15, 0.2) is 5.78 Å². The predicted octanol–water partition coefficient (Wildman–Crippen LogP) is 1.66. The largest absolute Gasteiger partial charge is 0.384 e.